The van der Waals surface area contributed by atoms with E-state index in [0.717, 1.165) is 11.6 Å². The largest absolute Gasteiger partial charge is 0.489 e. The number of aliphatic carboxylic acids is 1. The molecule has 0 radical (unpaired) electrons. The average molecular weight is 241 g/mol. The molecule has 0 atom stereocenters. The molecule has 1 rings (SSSR count). The lowest BCUT2D eigenvalue weighted by atomic mass is 10.2. The maximum atomic E-state index is 10.4. The zero-order chi connectivity index (χ0) is 12.1. The van der Waals surface area contributed by atoms with Gasteiger partial charge in [-0.1, -0.05) is 17.7 Å². The SMILES string of the molecule is CC(=CC(=O)O)COc1cc(Cl)ccc1C. The molecule has 0 saturated carbocycles. The van der Waals surface area contributed by atoms with Crippen LogP contribution >= 0.6 is 11.6 Å². The Hall–Kier alpha value is -1.48. The molecular formula is C12H13ClO3. The Morgan fingerprint density at radius 2 is 2.25 bits per heavy atom. The van der Waals surface area contributed by atoms with Gasteiger partial charge in [0.2, 0.25) is 0 Å². The van der Waals surface area contributed by atoms with Crippen molar-refractivity contribution in [2.75, 3.05) is 6.61 Å². The molecule has 1 N–H and O–H groups in total. The summed E-state index contributed by atoms with van der Waals surface area (Å²) in [7, 11) is 0. The van der Waals surface area contributed by atoms with Crippen LogP contribution in [0, 0.1) is 6.92 Å². The summed E-state index contributed by atoms with van der Waals surface area (Å²) in [5.74, 6) is -0.297. The fourth-order valence-corrected chi connectivity index (χ4v) is 1.34. The number of halogens is 1. The van der Waals surface area contributed by atoms with Crippen molar-refractivity contribution in [1.82, 2.24) is 0 Å². The van der Waals surface area contributed by atoms with E-state index in [4.69, 9.17) is 21.4 Å². The highest BCUT2D eigenvalue weighted by atomic mass is 35.5. The number of ether oxygens (including phenoxy) is 1. The van der Waals surface area contributed by atoms with E-state index in [1.54, 1.807) is 19.1 Å². The van der Waals surface area contributed by atoms with E-state index in [-0.39, 0.29) is 6.61 Å². The van der Waals surface area contributed by atoms with Gasteiger partial charge in [0, 0.05) is 11.1 Å². The van der Waals surface area contributed by atoms with Crippen molar-refractivity contribution < 1.29 is 14.6 Å². The van der Waals surface area contributed by atoms with Crippen molar-refractivity contribution in [3.8, 4) is 5.75 Å². The smallest absolute Gasteiger partial charge is 0.328 e. The Morgan fingerprint density at radius 1 is 1.56 bits per heavy atom. The Kier molecular flexibility index (Phi) is 4.38. The molecule has 1 aromatic carbocycles. The molecule has 0 amide bonds. The van der Waals surface area contributed by atoms with Gasteiger partial charge in [0.1, 0.15) is 12.4 Å². The normalized spacial score (nSPS) is 11.3. The van der Waals surface area contributed by atoms with Crippen molar-refractivity contribution in [2.45, 2.75) is 13.8 Å². The van der Waals surface area contributed by atoms with Gasteiger partial charge in [-0.2, -0.15) is 0 Å². The fourth-order valence-electron chi connectivity index (χ4n) is 1.17. The second-order valence-electron chi connectivity index (χ2n) is 3.53. The van der Waals surface area contributed by atoms with Gasteiger partial charge in [-0.05, 0) is 37.1 Å². The Morgan fingerprint density at radius 3 is 2.88 bits per heavy atom. The Labute approximate surface area is 99.3 Å². The van der Waals surface area contributed by atoms with Crippen LogP contribution in [0.2, 0.25) is 5.02 Å². The molecule has 0 aliphatic carbocycles. The molecule has 4 heteroatoms. The molecule has 0 aliphatic rings. The van der Waals surface area contributed by atoms with Gasteiger partial charge < -0.3 is 9.84 Å². The van der Waals surface area contributed by atoms with Crippen LogP contribution in [0.25, 0.3) is 0 Å². The number of rotatable bonds is 4. The minimum absolute atomic E-state index is 0.244. The number of carboxylic acid groups (broad SMARTS) is 1. The van der Waals surface area contributed by atoms with Crippen LogP contribution in [0.4, 0.5) is 0 Å². The maximum absolute atomic E-state index is 10.4. The minimum Gasteiger partial charge on any atom is -0.489 e. The second-order valence-corrected chi connectivity index (χ2v) is 3.96. The number of carboxylic acids is 1. The topological polar surface area (TPSA) is 46.5 Å². The first kappa shape index (κ1) is 12.6. The monoisotopic (exact) mass is 240 g/mol. The Balaban J connectivity index is 2.68. The van der Waals surface area contributed by atoms with Crippen molar-refractivity contribution in [3.05, 3.63) is 40.4 Å². The van der Waals surface area contributed by atoms with E-state index in [9.17, 15) is 4.79 Å². The van der Waals surface area contributed by atoms with E-state index in [0.29, 0.717) is 16.3 Å². The van der Waals surface area contributed by atoms with Crippen molar-refractivity contribution in [3.63, 3.8) is 0 Å². The predicted octanol–water partition coefficient (Wildman–Crippen LogP) is 3.06. The molecule has 0 aliphatic heterocycles. The fraction of sp³-hybridized carbons (Fsp3) is 0.250. The van der Waals surface area contributed by atoms with Crippen LogP contribution in [-0.4, -0.2) is 17.7 Å². The molecule has 16 heavy (non-hydrogen) atoms. The van der Waals surface area contributed by atoms with E-state index in [1.165, 1.54) is 0 Å². The van der Waals surface area contributed by atoms with Gasteiger partial charge in [-0.25, -0.2) is 4.79 Å². The quantitative estimate of drug-likeness (QED) is 0.823. The number of benzene rings is 1. The molecule has 0 unspecified atom stereocenters. The van der Waals surface area contributed by atoms with Crippen molar-refractivity contribution in [1.29, 1.82) is 0 Å². The Bertz CT molecular complexity index is 424. The first-order valence-corrected chi connectivity index (χ1v) is 5.16. The summed E-state index contributed by atoms with van der Waals surface area (Å²) in [5, 5.41) is 9.12. The van der Waals surface area contributed by atoms with E-state index < -0.39 is 5.97 Å². The molecule has 0 heterocycles. The molecule has 0 bridgehead atoms. The van der Waals surface area contributed by atoms with E-state index in [2.05, 4.69) is 0 Å². The third kappa shape index (κ3) is 3.95. The second kappa shape index (κ2) is 5.56. The van der Waals surface area contributed by atoms with Crippen molar-refractivity contribution in [2.24, 2.45) is 0 Å². The molecule has 0 spiro atoms. The van der Waals surface area contributed by atoms with Gasteiger partial charge in [-0.3, -0.25) is 0 Å². The van der Waals surface area contributed by atoms with Crippen LogP contribution in [0.1, 0.15) is 12.5 Å². The van der Waals surface area contributed by atoms with Gasteiger partial charge in [-0.15, -0.1) is 0 Å². The molecule has 0 aromatic heterocycles. The predicted molar refractivity (Wildman–Crippen MR) is 63.1 cm³/mol. The van der Waals surface area contributed by atoms with Crippen molar-refractivity contribution >= 4 is 17.6 Å². The van der Waals surface area contributed by atoms with Crippen LogP contribution in [0.5, 0.6) is 5.75 Å². The third-order valence-corrected chi connectivity index (χ3v) is 2.21. The lowest BCUT2D eigenvalue weighted by Gasteiger charge is -2.09. The van der Waals surface area contributed by atoms with E-state index in [1.807, 2.05) is 13.0 Å². The number of hydrogen-bond acceptors (Lipinski definition) is 2. The first-order chi connectivity index (χ1) is 7.49. The van der Waals surface area contributed by atoms with Crippen LogP contribution < -0.4 is 4.74 Å². The molecule has 0 saturated heterocycles. The van der Waals surface area contributed by atoms with Gasteiger partial charge >= 0.3 is 5.97 Å². The summed E-state index contributed by atoms with van der Waals surface area (Å²) in [6, 6.07) is 5.35. The van der Waals surface area contributed by atoms with Gasteiger partial charge in [0.05, 0.1) is 0 Å². The summed E-state index contributed by atoms with van der Waals surface area (Å²) >= 11 is 5.83. The first-order valence-electron chi connectivity index (χ1n) is 4.78. The van der Waals surface area contributed by atoms with Gasteiger partial charge in [0.25, 0.3) is 0 Å². The zero-order valence-electron chi connectivity index (χ0n) is 9.16. The highest BCUT2D eigenvalue weighted by Gasteiger charge is 2.01. The summed E-state index contributed by atoms with van der Waals surface area (Å²) in [5.41, 5.74) is 1.61. The highest BCUT2D eigenvalue weighted by Crippen LogP contribution is 2.22. The number of carbonyl (C=O) groups is 1. The average Bonchev–Trinajstić information content (AvgIpc) is 2.18. The summed E-state index contributed by atoms with van der Waals surface area (Å²) in [6.07, 6.45) is 1.12. The standard InChI is InChI=1S/C12H13ClO3/c1-8(5-12(14)15)7-16-11-6-10(13)4-3-9(11)2/h3-6H,7H2,1-2H3,(H,14,15). The third-order valence-electron chi connectivity index (χ3n) is 1.98. The van der Waals surface area contributed by atoms with Crippen LogP contribution in [0.15, 0.2) is 29.8 Å². The summed E-state index contributed by atoms with van der Waals surface area (Å²) < 4.78 is 5.46. The molecule has 3 nitrogen and oxygen atoms in total. The number of aryl methyl sites for hydroxylation is 1. The zero-order valence-corrected chi connectivity index (χ0v) is 9.91. The maximum Gasteiger partial charge on any atom is 0.328 e. The molecule has 86 valence electrons. The minimum atomic E-state index is -0.969. The molecular weight excluding hydrogens is 228 g/mol. The molecule has 1 aromatic rings. The lowest BCUT2D eigenvalue weighted by molar-refractivity contribution is -0.131. The highest BCUT2D eigenvalue weighted by molar-refractivity contribution is 6.30. The molecule has 0 fully saturated rings. The van der Waals surface area contributed by atoms with Crippen LogP contribution in [-0.2, 0) is 4.79 Å². The summed E-state index contributed by atoms with van der Waals surface area (Å²) in [6.45, 7) is 3.85. The van der Waals surface area contributed by atoms with Gasteiger partial charge in [0.15, 0.2) is 0 Å². The summed E-state index contributed by atoms with van der Waals surface area (Å²) in [4.78, 5) is 10.4. The van der Waals surface area contributed by atoms with E-state index >= 15 is 0 Å². The van der Waals surface area contributed by atoms with Crippen LogP contribution in [0.3, 0.4) is 0 Å². The lowest BCUT2D eigenvalue weighted by Crippen LogP contribution is -2.02. The number of hydrogen-bond donors (Lipinski definition) is 1.